The van der Waals surface area contributed by atoms with E-state index in [0.29, 0.717) is 0 Å². The van der Waals surface area contributed by atoms with Crippen LogP contribution >= 0.6 is 15.9 Å². The first-order chi connectivity index (χ1) is 4.95. The van der Waals surface area contributed by atoms with Crippen LogP contribution in [0.4, 0.5) is 0 Å². The molecule has 0 aromatic heterocycles. The number of carboxylic acids is 2. The van der Waals surface area contributed by atoms with Crippen molar-refractivity contribution in [2.45, 2.75) is 10.7 Å². The highest BCUT2D eigenvalue weighted by Crippen LogP contribution is 2.23. The van der Waals surface area contributed by atoms with Gasteiger partial charge in [0, 0.05) is 6.42 Å². The highest BCUT2D eigenvalue weighted by molar-refractivity contribution is 9.10. The molecule has 0 rings (SSSR count). The van der Waals surface area contributed by atoms with Crippen molar-refractivity contribution in [2.75, 3.05) is 0 Å². The molecule has 0 bridgehead atoms. The molecule has 62 valence electrons. The molecule has 0 aromatic carbocycles. The Morgan fingerprint density at radius 1 is 1.45 bits per heavy atom. The molecular formula is C6H7BrO4. The van der Waals surface area contributed by atoms with Crippen LogP contribution < -0.4 is 0 Å². The molecule has 0 unspecified atom stereocenters. The van der Waals surface area contributed by atoms with E-state index in [4.69, 9.17) is 10.2 Å². The third-order valence-electron chi connectivity index (χ3n) is 1.10. The van der Waals surface area contributed by atoms with E-state index in [1.807, 2.05) is 0 Å². The molecule has 0 aliphatic carbocycles. The first-order valence-corrected chi connectivity index (χ1v) is 3.51. The average Bonchev–Trinajstić information content (AvgIpc) is 1.87. The summed E-state index contributed by atoms with van der Waals surface area (Å²) in [5.74, 6) is -2.85. The maximum atomic E-state index is 10.4. The van der Waals surface area contributed by atoms with Gasteiger partial charge in [-0.25, -0.2) is 0 Å². The zero-order valence-corrected chi connectivity index (χ0v) is 7.17. The van der Waals surface area contributed by atoms with Crippen molar-refractivity contribution in [1.29, 1.82) is 0 Å². The smallest absolute Gasteiger partial charge is 0.332 e. The van der Waals surface area contributed by atoms with Gasteiger partial charge in [-0.05, 0) is 0 Å². The minimum atomic E-state index is -1.92. The maximum Gasteiger partial charge on any atom is 0.332 e. The molecule has 0 aliphatic heterocycles. The summed E-state index contributed by atoms with van der Waals surface area (Å²) in [5, 5.41) is 16.9. The molecule has 0 radical (unpaired) electrons. The minimum Gasteiger partial charge on any atom is -0.480 e. The summed E-state index contributed by atoms with van der Waals surface area (Å²) in [4.78, 5) is 20.8. The fraction of sp³-hybridized carbons (Fsp3) is 0.333. The molecule has 0 spiro atoms. The summed E-state index contributed by atoms with van der Waals surface area (Å²) < 4.78 is -1.92. The topological polar surface area (TPSA) is 74.6 Å². The van der Waals surface area contributed by atoms with E-state index in [9.17, 15) is 9.59 Å². The summed E-state index contributed by atoms with van der Waals surface area (Å²) in [7, 11) is 0. The number of alkyl halides is 1. The van der Waals surface area contributed by atoms with E-state index in [0.717, 1.165) is 0 Å². The van der Waals surface area contributed by atoms with Crippen LogP contribution in [0, 0.1) is 0 Å². The fourth-order valence-electron chi connectivity index (χ4n) is 0.465. The van der Waals surface area contributed by atoms with Crippen molar-refractivity contribution in [2.24, 2.45) is 0 Å². The molecule has 11 heavy (non-hydrogen) atoms. The van der Waals surface area contributed by atoms with Crippen LogP contribution in [0.25, 0.3) is 0 Å². The number of halogens is 1. The predicted octanol–water partition coefficient (Wildman–Crippen LogP) is 0.865. The molecule has 0 atom stereocenters. The van der Waals surface area contributed by atoms with Crippen LogP contribution in [-0.4, -0.2) is 26.5 Å². The molecule has 5 heteroatoms. The molecule has 2 N–H and O–H groups in total. The van der Waals surface area contributed by atoms with E-state index >= 15 is 0 Å². The van der Waals surface area contributed by atoms with E-state index in [1.54, 1.807) is 0 Å². The van der Waals surface area contributed by atoms with Gasteiger partial charge in [-0.2, -0.15) is 0 Å². The van der Waals surface area contributed by atoms with Crippen molar-refractivity contribution < 1.29 is 19.8 Å². The second-order valence-electron chi connectivity index (χ2n) is 1.90. The van der Waals surface area contributed by atoms with Crippen LogP contribution in [0.2, 0.25) is 0 Å². The summed E-state index contributed by atoms with van der Waals surface area (Å²) >= 11 is 2.60. The Labute approximate surface area is 71.7 Å². The number of hydrogen-bond donors (Lipinski definition) is 2. The van der Waals surface area contributed by atoms with Crippen LogP contribution in [0.5, 0.6) is 0 Å². The number of carboxylic acid groups (broad SMARTS) is 2. The van der Waals surface area contributed by atoms with Gasteiger partial charge in [-0.15, -0.1) is 6.58 Å². The van der Waals surface area contributed by atoms with E-state index in [1.165, 1.54) is 6.08 Å². The van der Waals surface area contributed by atoms with Crippen LogP contribution in [0.15, 0.2) is 12.7 Å². The van der Waals surface area contributed by atoms with E-state index in [2.05, 4.69) is 22.5 Å². The lowest BCUT2D eigenvalue weighted by Gasteiger charge is -2.14. The van der Waals surface area contributed by atoms with Crippen molar-refractivity contribution in [3.05, 3.63) is 12.7 Å². The molecule has 4 nitrogen and oxygen atoms in total. The first kappa shape index (κ1) is 10.2. The van der Waals surface area contributed by atoms with E-state index in [-0.39, 0.29) is 6.42 Å². The number of aliphatic carboxylic acids is 2. The summed E-state index contributed by atoms with van der Waals surface area (Å²) in [6.07, 6.45) is 1.08. The Morgan fingerprint density at radius 2 is 1.82 bits per heavy atom. The normalized spacial score (nSPS) is 10.6. The third kappa shape index (κ3) is 2.04. The Hall–Kier alpha value is -0.840. The van der Waals surface area contributed by atoms with Crippen LogP contribution in [0.1, 0.15) is 6.42 Å². The lowest BCUT2D eigenvalue weighted by atomic mass is 10.1. The van der Waals surface area contributed by atoms with Gasteiger partial charge in [-0.1, -0.05) is 22.0 Å². The highest BCUT2D eigenvalue weighted by atomic mass is 79.9. The molecule has 0 amide bonds. The largest absolute Gasteiger partial charge is 0.480 e. The number of allylic oxidation sites excluding steroid dienone is 1. The minimum absolute atomic E-state index is 0.155. The van der Waals surface area contributed by atoms with Gasteiger partial charge in [0.25, 0.3) is 0 Å². The van der Waals surface area contributed by atoms with Crippen LogP contribution in [-0.2, 0) is 9.59 Å². The quantitative estimate of drug-likeness (QED) is 0.421. The lowest BCUT2D eigenvalue weighted by molar-refractivity contribution is -0.151. The molecule has 0 saturated heterocycles. The summed E-state index contributed by atoms with van der Waals surface area (Å²) in [6, 6.07) is 0. The van der Waals surface area contributed by atoms with Gasteiger partial charge in [0.15, 0.2) is 0 Å². The Balaban J connectivity index is 4.65. The number of carbonyl (C=O) groups is 2. The molecule has 0 fully saturated rings. The molecular weight excluding hydrogens is 216 g/mol. The zero-order chi connectivity index (χ0) is 9.07. The number of rotatable bonds is 4. The second-order valence-corrected chi connectivity index (χ2v) is 3.26. The van der Waals surface area contributed by atoms with Crippen molar-refractivity contribution in [3.8, 4) is 0 Å². The zero-order valence-electron chi connectivity index (χ0n) is 5.58. The van der Waals surface area contributed by atoms with Crippen LogP contribution in [0.3, 0.4) is 0 Å². The first-order valence-electron chi connectivity index (χ1n) is 2.71. The van der Waals surface area contributed by atoms with Gasteiger partial charge in [-0.3, -0.25) is 9.59 Å². The molecule has 0 heterocycles. The highest BCUT2D eigenvalue weighted by Gasteiger charge is 2.42. The van der Waals surface area contributed by atoms with Crippen molar-refractivity contribution >= 4 is 27.9 Å². The van der Waals surface area contributed by atoms with Crippen molar-refractivity contribution in [1.82, 2.24) is 0 Å². The Bertz CT molecular complexity index is 185. The molecule has 0 aromatic rings. The average molecular weight is 223 g/mol. The summed E-state index contributed by atoms with van der Waals surface area (Å²) in [6.45, 7) is 3.25. The Morgan fingerprint density at radius 3 is 1.91 bits per heavy atom. The van der Waals surface area contributed by atoms with Gasteiger partial charge >= 0.3 is 11.9 Å². The van der Waals surface area contributed by atoms with Gasteiger partial charge < -0.3 is 10.2 Å². The van der Waals surface area contributed by atoms with E-state index < -0.39 is 16.3 Å². The molecule has 0 aliphatic rings. The molecule has 0 saturated carbocycles. The second kappa shape index (κ2) is 3.52. The fourth-order valence-corrected chi connectivity index (χ4v) is 0.694. The predicted molar refractivity (Wildman–Crippen MR) is 41.7 cm³/mol. The third-order valence-corrected chi connectivity index (χ3v) is 2.11. The Kier molecular flexibility index (Phi) is 3.25. The van der Waals surface area contributed by atoms with Gasteiger partial charge in [0.1, 0.15) is 0 Å². The maximum absolute atomic E-state index is 10.4. The standard InChI is InChI=1S/C6H7BrO4/c1-2-3-6(7,4(8)9)5(10)11/h2H,1,3H2,(H,8,9)(H,10,11). The van der Waals surface area contributed by atoms with Gasteiger partial charge in [0.05, 0.1) is 0 Å². The summed E-state index contributed by atoms with van der Waals surface area (Å²) in [5.41, 5.74) is 0. The van der Waals surface area contributed by atoms with Gasteiger partial charge in [0.2, 0.25) is 4.32 Å². The lowest BCUT2D eigenvalue weighted by Crippen LogP contribution is -2.39. The van der Waals surface area contributed by atoms with Crippen molar-refractivity contribution in [3.63, 3.8) is 0 Å². The monoisotopic (exact) mass is 222 g/mol. The SMILES string of the molecule is C=CCC(Br)(C(=O)O)C(=O)O. The number of hydrogen-bond acceptors (Lipinski definition) is 2.